The summed E-state index contributed by atoms with van der Waals surface area (Å²) in [5.74, 6) is -1.10. The van der Waals surface area contributed by atoms with Gasteiger partial charge in [-0.3, -0.25) is 14.3 Å². The second-order valence-electron chi connectivity index (χ2n) is 3.60. The maximum absolute atomic E-state index is 11.5. The second kappa shape index (κ2) is 5.50. The van der Waals surface area contributed by atoms with E-state index in [2.05, 4.69) is 10.0 Å². The third-order valence-corrected chi connectivity index (χ3v) is 2.48. The third-order valence-electron chi connectivity index (χ3n) is 1.87. The van der Waals surface area contributed by atoms with Crippen LogP contribution in [0.4, 0.5) is 5.69 Å². The van der Waals surface area contributed by atoms with Crippen LogP contribution in [0.25, 0.3) is 0 Å². The van der Waals surface area contributed by atoms with Crippen molar-refractivity contribution < 1.29 is 18.0 Å². The highest BCUT2D eigenvalue weighted by Crippen LogP contribution is 2.10. The molecule has 4 N–H and O–H groups in total. The van der Waals surface area contributed by atoms with E-state index in [1.165, 1.54) is 24.3 Å². The van der Waals surface area contributed by atoms with Crippen LogP contribution in [0.5, 0.6) is 0 Å². The summed E-state index contributed by atoms with van der Waals surface area (Å²) in [5, 5.41) is 2.31. The normalized spacial score (nSPS) is 10.7. The zero-order valence-electron chi connectivity index (χ0n) is 9.64. The van der Waals surface area contributed by atoms with E-state index in [9.17, 15) is 18.0 Å². The maximum Gasteiger partial charge on any atom is 0.251 e. The van der Waals surface area contributed by atoms with Gasteiger partial charge in [0, 0.05) is 11.3 Å². The molecule has 0 unspecified atom stereocenters. The molecule has 0 aromatic heterocycles. The van der Waals surface area contributed by atoms with Gasteiger partial charge in [-0.25, -0.2) is 8.42 Å². The molecule has 1 aromatic rings. The van der Waals surface area contributed by atoms with E-state index >= 15 is 0 Å². The highest BCUT2D eigenvalue weighted by atomic mass is 32.2. The SMILES string of the molecule is CS(=O)(=O)Nc1ccc(C(=O)NCC(N)=O)cc1. The monoisotopic (exact) mass is 271 g/mol. The van der Waals surface area contributed by atoms with E-state index in [4.69, 9.17) is 5.73 Å². The van der Waals surface area contributed by atoms with Crippen LogP contribution in [-0.4, -0.2) is 33.0 Å². The van der Waals surface area contributed by atoms with Gasteiger partial charge in [0.05, 0.1) is 12.8 Å². The molecule has 0 atom stereocenters. The smallest absolute Gasteiger partial charge is 0.251 e. The lowest BCUT2D eigenvalue weighted by molar-refractivity contribution is -0.117. The van der Waals surface area contributed by atoms with E-state index < -0.39 is 21.8 Å². The molecule has 1 rings (SSSR count). The van der Waals surface area contributed by atoms with Crippen molar-refractivity contribution in [2.24, 2.45) is 5.73 Å². The molecule has 0 saturated heterocycles. The second-order valence-corrected chi connectivity index (χ2v) is 5.35. The van der Waals surface area contributed by atoms with Gasteiger partial charge in [0.15, 0.2) is 0 Å². The number of amides is 2. The summed E-state index contributed by atoms with van der Waals surface area (Å²) in [5.41, 5.74) is 5.53. The van der Waals surface area contributed by atoms with Crippen molar-refractivity contribution >= 4 is 27.5 Å². The fourth-order valence-corrected chi connectivity index (χ4v) is 1.74. The molecule has 18 heavy (non-hydrogen) atoms. The lowest BCUT2D eigenvalue weighted by atomic mass is 10.2. The van der Waals surface area contributed by atoms with Crippen LogP contribution in [0.2, 0.25) is 0 Å². The molecule has 0 aliphatic carbocycles. The Bertz CT molecular complexity index is 551. The fourth-order valence-electron chi connectivity index (χ4n) is 1.17. The van der Waals surface area contributed by atoms with Gasteiger partial charge in [0.2, 0.25) is 15.9 Å². The number of carbonyl (C=O) groups is 2. The Labute approximate surface area is 104 Å². The highest BCUT2D eigenvalue weighted by Gasteiger charge is 2.07. The lowest BCUT2D eigenvalue weighted by Crippen LogP contribution is -2.33. The molecule has 0 fully saturated rings. The molecule has 1 aromatic carbocycles. The topological polar surface area (TPSA) is 118 Å². The molecular weight excluding hydrogens is 258 g/mol. The zero-order valence-corrected chi connectivity index (χ0v) is 10.5. The number of carbonyl (C=O) groups excluding carboxylic acids is 2. The van der Waals surface area contributed by atoms with Crippen LogP contribution in [0, 0.1) is 0 Å². The average Bonchev–Trinajstić information content (AvgIpc) is 2.24. The Morgan fingerprint density at radius 1 is 1.22 bits per heavy atom. The number of hydrogen-bond acceptors (Lipinski definition) is 4. The molecule has 8 heteroatoms. The summed E-state index contributed by atoms with van der Waals surface area (Å²) < 4.78 is 24.2. The van der Waals surface area contributed by atoms with Gasteiger partial charge in [0.1, 0.15) is 0 Å². The van der Waals surface area contributed by atoms with E-state index in [1.807, 2.05) is 0 Å². The molecule has 0 aliphatic heterocycles. The average molecular weight is 271 g/mol. The van der Waals surface area contributed by atoms with Gasteiger partial charge in [-0.1, -0.05) is 0 Å². The van der Waals surface area contributed by atoms with Crippen LogP contribution >= 0.6 is 0 Å². The van der Waals surface area contributed by atoms with Crippen molar-refractivity contribution in [1.82, 2.24) is 5.32 Å². The summed E-state index contributed by atoms with van der Waals surface area (Å²) in [6.07, 6.45) is 1.03. The van der Waals surface area contributed by atoms with Gasteiger partial charge >= 0.3 is 0 Å². The first kappa shape index (κ1) is 14.0. The molecule has 0 aliphatic rings. The lowest BCUT2D eigenvalue weighted by Gasteiger charge is -2.05. The summed E-state index contributed by atoms with van der Waals surface area (Å²) >= 11 is 0. The Balaban J connectivity index is 2.71. The number of sulfonamides is 1. The van der Waals surface area contributed by atoms with Crippen molar-refractivity contribution in [2.75, 3.05) is 17.5 Å². The minimum absolute atomic E-state index is 0.248. The van der Waals surface area contributed by atoms with E-state index in [1.54, 1.807) is 0 Å². The first-order valence-electron chi connectivity index (χ1n) is 4.92. The van der Waals surface area contributed by atoms with E-state index in [-0.39, 0.29) is 6.54 Å². The van der Waals surface area contributed by atoms with Crippen LogP contribution in [0.3, 0.4) is 0 Å². The first-order chi connectivity index (χ1) is 8.28. The van der Waals surface area contributed by atoms with Crippen molar-refractivity contribution in [1.29, 1.82) is 0 Å². The molecule has 7 nitrogen and oxygen atoms in total. The van der Waals surface area contributed by atoms with Gasteiger partial charge < -0.3 is 11.1 Å². The standard InChI is InChI=1S/C10H13N3O4S/c1-18(16,17)13-8-4-2-7(3-5-8)10(15)12-6-9(11)14/h2-5,13H,6H2,1H3,(H2,11,14)(H,12,15). The van der Waals surface area contributed by atoms with E-state index in [0.29, 0.717) is 11.3 Å². The van der Waals surface area contributed by atoms with Crippen molar-refractivity contribution in [3.63, 3.8) is 0 Å². The predicted octanol–water partition coefficient (Wildman–Crippen LogP) is -0.727. The van der Waals surface area contributed by atoms with Crippen LogP contribution in [-0.2, 0) is 14.8 Å². The van der Waals surface area contributed by atoms with Crippen LogP contribution in [0.1, 0.15) is 10.4 Å². The predicted molar refractivity (Wildman–Crippen MR) is 66.4 cm³/mol. The van der Waals surface area contributed by atoms with Gasteiger partial charge in [-0.2, -0.15) is 0 Å². The minimum atomic E-state index is -3.34. The van der Waals surface area contributed by atoms with Gasteiger partial charge in [-0.15, -0.1) is 0 Å². The van der Waals surface area contributed by atoms with E-state index in [0.717, 1.165) is 6.26 Å². The Hall–Kier alpha value is -2.09. The van der Waals surface area contributed by atoms with Gasteiger partial charge in [-0.05, 0) is 24.3 Å². The zero-order chi connectivity index (χ0) is 13.8. The number of hydrogen-bond donors (Lipinski definition) is 3. The van der Waals surface area contributed by atoms with Crippen LogP contribution < -0.4 is 15.8 Å². The first-order valence-corrected chi connectivity index (χ1v) is 6.81. The molecule has 0 spiro atoms. The molecular formula is C10H13N3O4S. The molecule has 0 radical (unpaired) electrons. The number of primary amides is 1. The molecule has 0 saturated carbocycles. The number of rotatable bonds is 5. The Morgan fingerprint density at radius 3 is 2.22 bits per heavy atom. The molecule has 0 heterocycles. The van der Waals surface area contributed by atoms with Crippen LogP contribution in [0.15, 0.2) is 24.3 Å². The minimum Gasteiger partial charge on any atom is -0.368 e. The largest absolute Gasteiger partial charge is 0.368 e. The van der Waals surface area contributed by atoms with Gasteiger partial charge in [0.25, 0.3) is 5.91 Å². The molecule has 0 bridgehead atoms. The summed E-state index contributed by atoms with van der Waals surface area (Å²) in [6, 6.07) is 5.76. The Morgan fingerprint density at radius 2 is 1.78 bits per heavy atom. The molecule has 98 valence electrons. The van der Waals surface area contributed by atoms with Crippen molar-refractivity contribution in [2.45, 2.75) is 0 Å². The number of nitrogens with one attached hydrogen (secondary N) is 2. The fraction of sp³-hybridized carbons (Fsp3) is 0.200. The third kappa shape index (κ3) is 4.83. The highest BCUT2D eigenvalue weighted by molar-refractivity contribution is 7.92. The summed E-state index contributed by atoms with van der Waals surface area (Å²) in [4.78, 5) is 22.0. The molecule has 2 amide bonds. The maximum atomic E-state index is 11.5. The summed E-state index contributed by atoms with van der Waals surface area (Å²) in [6.45, 7) is -0.248. The quantitative estimate of drug-likeness (QED) is 0.654. The van der Waals surface area contributed by atoms with Crippen molar-refractivity contribution in [3.8, 4) is 0 Å². The summed E-state index contributed by atoms with van der Waals surface area (Å²) in [7, 11) is -3.34. The number of anilines is 1. The number of nitrogens with two attached hydrogens (primary N) is 1. The van der Waals surface area contributed by atoms with Crippen molar-refractivity contribution in [3.05, 3.63) is 29.8 Å². The Kier molecular flexibility index (Phi) is 4.27. The number of benzene rings is 1.